The number of benzene rings is 9. The van der Waals surface area contributed by atoms with E-state index in [9.17, 15) is 0 Å². The maximum absolute atomic E-state index is 7.01. The van der Waals surface area contributed by atoms with E-state index < -0.39 is 5.41 Å². The van der Waals surface area contributed by atoms with E-state index in [1.807, 2.05) is 0 Å². The van der Waals surface area contributed by atoms with Gasteiger partial charge in [0.1, 0.15) is 11.5 Å². The van der Waals surface area contributed by atoms with Crippen LogP contribution in [0.15, 0.2) is 188 Å². The fraction of sp³-hybridized carbons (Fsp3) is 0.0189. The molecule has 0 radical (unpaired) electrons. The highest BCUT2D eigenvalue weighted by molar-refractivity contribution is 6.22. The first-order chi connectivity index (χ1) is 28.3. The summed E-state index contributed by atoms with van der Waals surface area (Å²) in [5, 5.41) is 8.00. The van der Waals surface area contributed by atoms with E-state index in [1.165, 1.54) is 43.8 Å². The molecular formula is C53H31N3O. The van der Waals surface area contributed by atoms with Crippen LogP contribution in [-0.4, -0.2) is 14.5 Å². The number of ether oxygens (including phenoxy) is 1. The summed E-state index contributed by atoms with van der Waals surface area (Å²) in [5.41, 5.74) is 11.6. The van der Waals surface area contributed by atoms with Crippen molar-refractivity contribution in [3.05, 3.63) is 210 Å². The van der Waals surface area contributed by atoms with Crippen molar-refractivity contribution >= 4 is 54.3 Å². The lowest BCUT2D eigenvalue weighted by atomic mass is 9.66. The molecule has 0 bridgehead atoms. The van der Waals surface area contributed by atoms with Crippen LogP contribution in [0, 0.1) is 0 Å². The molecule has 4 nitrogen and oxygen atoms in total. The second-order valence-electron chi connectivity index (χ2n) is 15.3. The van der Waals surface area contributed by atoms with Gasteiger partial charge in [-0.05, 0) is 80.2 Å². The molecule has 2 aliphatic rings. The largest absolute Gasteiger partial charge is 0.457 e. The van der Waals surface area contributed by atoms with Gasteiger partial charge in [-0.2, -0.15) is 0 Å². The summed E-state index contributed by atoms with van der Waals surface area (Å²) in [7, 11) is 0. The van der Waals surface area contributed by atoms with Crippen molar-refractivity contribution in [2.75, 3.05) is 0 Å². The van der Waals surface area contributed by atoms with Crippen LogP contribution in [0.4, 0.5) is 0 Å². The predicted molar refractivity (Wildman–Crippen MR) is 232 cm³/mol. The number of hydrogen-bond donors (Lipinski definition) is 0. The van der Waals surface area contributed by atoms with Gasteiger partial charge in [0.05, 0.1) is 27.7 Å². The maximum Gasteiger partial charge on any atom is 0.235 e. The molecular weight excluding hydrogens is 695 g/mol. The average Bonchev–Trinajstić information content (AvgIpc) is 3.76. The summed E-state index contributed by atoms with van der Waals surface area (Å²) >= 11 is 0. The van der Waals surface area contributed by atoms with Gasteiger partial charge in [0.15, 0.2) is 0 Å². The monoisotopic (exact) mass is 725 g/mol. The SMILES string of the molecule is c1ccc2c(c1)Oc1cc3c4c5ccccc5ccc4n(-c4nc(-c5ccc6ccccc6c5)c5ccccc5n4)c3cc1C21c2ccccc2-c2ccccc21. The van der Waals surface area contributed by atoms with E-state index in [0.29, 0.717) is 5.95 Å². The minimum absolute atomic E-state index is 0.602. The molecule has 0 fully saturated rings. The Labute approximate surface area is 327 Å². The van der Waals surface area contributed by atoms with Crippen LogP contribution in [-0.2, 0) is 5.41 Å². The Morgan fingerprint density at radius 1 is 0.421 bits per heavy atom. The molecule has 9 aromatic carbocycles. The van der Waals surface area contributed by atoms with Crippen molar-refractivity contribution in [2.45, 2.75) is 5.41 Å². The van der Waals surface area contributed by atoms with E-state index in [4.69, 9.17) is 14.7 Å². The molecule has 13 rings (SSSR count). The summed E-state index contributed by atoms with van der Waals surface area (Å²) in [5.74, 6) is 2.36. The molecule has 264 valence electrons. The molecule has 1 aliphatic carbocycles. The van der Waals surface area contributed by atoms with E-state index >= 15 is 0 Å². The van der Waals surface area contributed by atoms with Gasteiger partial charge in [0.2, 0.25) is 5.95 Å². The lowest BCUT2D eigenvalue weighted by Gasteiger charge is -2.39. The molecule has 0 N–H and O–H groups in total. The van der Waals surface area contributed by atoms with Crippen molar-refractivity contribution in [3.8, 4) is 39.8 Å². The van der Waals surface area contributed by atoms with Crippen molar-refractivity contribution < 1.29 is 4.74 Å². The molecule has 57 heavy (non-hydrogen) atoms. The van der Waals surface area contributed by atoms with Crippen molar-refractivity contribution in [1.29, 1.82) is 0 Å². The van der Waals surface area contributed by atoms with Gasteiger partial charge in [0.25, 0.3) is 0 Å². The third-order valence-electron chi connectivity index (χ3n) is 12.4. The molecule has 0 amide bonds. The van der Waals surface area contributed by atoms with Crippen LogP contribution in [0.25, 0.3) is 82.6 Å². The Balaban J connectivity index is 1.18. The number of para-hydroxylation sites is 2. The van der Waals surface area contributed by atoms with Crippen LogP contribution in [0.5, 0.6) is 11.5 Å². The number of rotatable bonds is 2. The Morgan fingerprint density at radius 3 is 1.89 bits per heavy atom. The maximum atomic E-state index is 7.01. The molecule has 1 spiro atoms. The first kappa shape index (κ1) is 30.7. The third kappa shape index (κ3) is 4.06. The van der Waals surface area contributed by atoms with Crippen LogP contribution < -0.4 is 4.74 Å². The zero-order chi connectivity index (χ0) is 37.2. The molecule has 2 aromatic heterocycles. The summed E-state index contributed by atoms with van der Waals surface area (Å²) < 4.78 is 9.29. The second-order valence-corrected chi connectivity index (χ2v) is 15.3. The molecule has 4 heteroatoms. The average molecular weight is 726 g/mol. The van der Waals surface area contributed by atoms with E-state index in [1.54, 1.807) is 0 Å². The zero-order valence-electron chi connectivity index (χ0n) is 30.6. The lowest BCUT2D eigenvalue weighted by Crippen LogP contribution is -2.32. The standard InChI is InChI=1S/C53H31N3O/c1-2-15-34-29-35(26-25-32(34)13-1)51-39-19-7-11-23-45(39)54-52(55-51)56-46-28-27-33-14-3-4-16-36(33)50(46)40-30-49-44(31-47(40)56)53(43-22-10-12-24-48(43)57-49)41-20-8-5-17-37(41)38-18-6-9-21-42(38)53/h1-31H. The van der Waals surface area contributed by atoms with Crippen LogP contribution in [0.2, 0.25) is 0 Å². The Bertz CT molecular complexity index is 3480. The van der Waals surface area contributed by atoms with Crippen LogP contribution in [0.3, 0.4) is 0 Å². The molecule has 3 heterocycles. The molecule has 11 aromatic rings. The van der Waals surface area contributed by atoms with Gasteiger partial charge in [0, 0.05) is 32.8 Å². The van der Waals surface area contributed by atoms with E-state index in [-0.39, 0.29) is 0 Å². The number of nitrogens with zero attached hydrogens (tertiary/aromatic N) is 3. The highest BCUT2D eigenvalue weighted by atomic mass is 16.5. The van der Waals surface area contributed by atoms with Gasteiger partial charge in [-0.15, -0.1) is 0 Å². The van der Waals surface area contributed by atoms with Gasteiger partial charge < -0.3 is 4.74 Å². The molecule has 0 atom stereocenters. The molecule has 1 aliphatic heterocycles. The summed E-state index contributed by atoms with van der Waals surface area (Å²) in [6.45, 7) is 0. The number of aromatic nitrogens is 3. The zero-order valence-corrected chi connectivity index (χ0v) is 30.6. The summed E-state index contributed by atoms with van der Waals surface area (Å²) in [6.07, 6.45) is 0. The first-order valence-corrected chi connectivity index (χ1v) is 19.5. The van der Waals surface area contributed by atoms with Crippen molar-refractivity contribution in [3.63, 3.8) is 0 Å². The fourth-order valence-electron chi connectivity index (χ4n) is 10.1. The highest BCUT2D eigenvalue weighted by Gasteiger charge is 2.51. The fourth-order valence-corrected chi connectivity index (χ4v) is 10.1. The van der Waals surface area contributed by atoms with Gasteiger partial charge >= 0.3 is 0 Å². The number of hydrogen-bond acceptors (Lipinski definition) is 3. The topological polar surface area (TPSA) is 39.9 Å². The minimum atomic E-state index is -0.602. The third-order valence-corrected chi connectivity index (χ3v) is 12.4. The lowest BCUT2D eigenvalue weighted by molar-refractivity contribution is 0.437. The first-order valence-electron chi connectivity index (χ1n) is 19.5. The Hall–Kier alpha value is -7.56. The van der Waals surface area contributed by atoms with Crippen molar-refractivity contribution in [2.24, 2.45) is 0 Å². The van der Waals surface area contributed by atoms with E-state index in [2.05, 4.69) is 193 Å². The normalized spacial score (nSPS) is 13.5. The van der Waals surface area contributed by atoms with Gasteiger partial charge in [-0.25, -0.2) is 9.97 Å². The Morgan fingerprint density at radius 2 is 1.07 bits per heavy atom. The van der Waals surface area contributed by atoms with Crippen LogP contribution in [0.1, 0.15) is 22.3 Å². The number of fused-ring (bicyclic) bond motifs is 16. The Kier molecular flexibility index (Phi) is 6.07. The van der Waals surface area contributed by atoms with Crippen molar-refractivity contribution in [1.82, 2.24) is 14.5 Å². The molecule has 0 unspecified atom stereocenters. The molecule has 0 saturated carbocycles. The second kappa shape index (κ2) is 11.2. The molecule has 0 saturated heterocycles. The van der Waals surface area contributed by atoms with Gasteiger partial charge in [-0.1, -0.05) is 152 Å². The van der Waals surface area contributed by atoms with E-state index in [0.717, 1.165) is 66.6 Å². The summed E-state index contributed by atoms with van der Waals surface area (Å²) in [4.78, 5) is 10.9. The quantitative estimate of drug-likeness (QED) is 0.178. The smallest absolute Gasteiger partial charge is 0.235 e. The minimum Gasteiger partial charge on any atom is -0.457 e. The van der Waals surface area contributed by atoms with Gasteiger partial charge in [-0.3, -0.25) is 4.57 Å². The highest BCUT2D eigenvalue weighted by Crippen LogP contribution is 2.62. The summed E-state index contributed by atoms with van der Waals surface area (Å²) in [6, 6.07) is 67.6. The van der Waals surface area contributed by atoms with Crippen LogP contribution >= 0.6 is 0 Å². The predicted octanol–water partition coefficient (Wildman–Crippen LogP) is 13.2.